The summed E-state index contributed by atoms with van der Waals surface area (Å²) in [6.07, 6.45) is 1.68. The van der Waals surface area contributed by atoms with Crippen LogP contribution in [0.5, 0.6) is 0 Å². The third-order valence-electron chi connectivity index (χ3n) is 2.83. The number of hydrogen-bond donors (Lipinski definition) is 2. The van der Waals surface area contributed by atoms with Gasteiger partial charge in [0.25, 0.3) is 0 Å². The van der Waals surface area contributed by atoms with Crippen LogP contribution in [0.4, 0.5) is 5.95 Å². The summed E-state index contributed by atoms with van der Waals surface area (Å²) in [4.78, 5) is 8.32. The molecular formula is C14H16ClN3O. The number of aliphatic hydroxyl groups is 1. The van der Waals surface area contributed by atoms with Crippen molar-refractivity contribution in [3.8, 4) is 0 Å². The van der Waals surface area contributed by atoms with Gasteiger partial charge in [-0.15, -0.1) is 0 Å². The van der Waals surface area contributed by atoms with Gasteiger partial charge in [-0.05, 0) is 37.6 Å². The lowest BCUT2D eigenvalue weighted by molar-refractivity contribution is 0.0713. The molecule has 0 spiro atoms. The van der Waals surface area contributed by atoms with E-state index in [2.05, 4.69) is 15.3 Å². The molecule has 2 rings (SSSR count). The minimum Gasteiger partial charge on any atom is -0.384 e. The summed E-state index contributed by atoms with van der Waals surface area (Å²) in [5.41, 5.74) is 0.581. The van der Waals surface area contributed by atoms with Gasteiger partial charge in [0, 0.05) is 16.9 Å². The molecule has 1 heterocycles. The highest BCUT2D eigenvalue weighted by Crippen LogP contribution is 2.23. The van der Waals surface area contributed by atoms with Crippen LogP contribution in [0.25, 0.3) is 0 Å². The number of hydrogen-bond acceptors (Lipinski definition) is 4. The van der Waals surface area contributed by atoms with Gasteiger partial charge in [0.1, 0.15) is 5.60 Å². The Kier molecular flexibility index (Phi) is 4.02. The summed E-state index contributed by atoms with van der Waals surface area (Å²) in [7, 11) is 0. The van der Waals surface area contributed by atoms with Gasteiger partial charge in [-0.2, -0.15) is 0 Å². The molecule has 0 aliphatic rings. The molecule has 0 saturated heterocycles. The molecule has 0 radical (unpaired) electrons. The van der Waals surface area contributed by atoms with Crippen molar-refractivity contribution in [1.29, 1.82) is 0 Å². The molecule has 0 aliphatic heterocycles. The number of anilines is 1. The standard InChI is InChI=1S/C14H16ClN3O/c1-10-6-7-16-13(18-10)17-9-14(2,19)11-4-3-5-12(15)8-11/h3-8,19H,9H2,1-2H3,(H,16,17,18). The minimum absolute atomic E-state index is 0.302. The van der Waals surface area contributed by atoms with E-state index < -0.39 is 5.60 Å². The lowest BCUT2D eigenvalue weighted by atomic mass is 9.96. The molecule has 0 amide bonds. The van der Waals surface area contributed by atoms with Crippen LogP contribution in [-0.2, 0) is 5.60 Å². The van der Waals surface area contributed by atoms with E-state index in [1.807, 2.05) is 25.1 Å². The maximum absolute atomic E-state index is 10.5. The SMILES string of the molecule is Cc1ccnc(NCC(C)(O)c2cccc(Cl)c2)n1. The van der Waals surface area contributed by atoms with Gasteiger partial charge < -0.3 is 10.4 Å². The van der Waals surface area contributed by atoms with Crippen LogP contribution in [0.15, 0.2) is 36.5 Å². The molecule has 100 valence electrons. The molecule has 0 bridgehead atoms. The van der Waals surface area contributed by atoms with Gasteiger partial charge in [-0.1, -0.05) is 23.7 Å². The van der Waals surface area contributed by atoms with Gasteiger partial charge >= 0.3 is 0 Å². The Hall–Kier alpha value is -1.65. The number of rotatable bonds is 4. The molecule has 0 aliphatic carbocycles. The van der Waals surface area contributed by atoms with Crippen LogP contribution >= 0.6 is 11.6 Å². The van der Waals surface area contributed by atoms with E-state index >= 15 is 0 Å². The van der Waals surface area contributed by atoms with E-state index in [9.17, 15) is 5.11 Å². The number of benzene rings is 1. The summed E-state index contributed by atoms with van der Waals surface area (Å²) in [5, 5.41) is 14.1. The molecule has 2 N–H and O–H groups in total. The number of halogens is 1. The van der Waals surface area contributed by atoms with E-state index in [0.29, 0.717) is 17.5 Å². The number of aryl methyl sites for hydroxylation is 1. The first kappa shape index (κ1) is 13.8. The Morgan fingerprint density at radius 3 is 2.84 bits per heavy atom. The van der Waals surface area contributed by atoms with Crippen molar-refractivity contribution in [2.75, 3.05) is 11.9 Å². The molecule has 4 nitrogen and oxygen atoms in total. The minimum atomic E-state index is -1.04. The number of aromatic nitrogens is 2. The molecule has 1 atom stereocenters. The van der Waals surface area contributed by atoms with Crippen molar-refractivity contribution in [3.05, 3.63) is 52.8 Å². The van der Waals surface area contributed by atoms with Crippen LogP contribution in [0, 0.1) is 6.92 Å². The van der Waals surface area contributed by atoms with Gasteiger partial charge in [0.2, 0.25) is 5.95 Å². The largest absolute Gasteiger partial charge is 0.384 e. The van der Waals surface area contributed by atoms with Crippen molar-refractivity contribution >= 4 is 17.5 Å². The fraction of sp³-hybridized carbons (Fsp3) is 0.286. The summed E-state index contributed by atoms with van der Waals surface area (Å²) in [6.45, 7) is 3.92. The third kappa shape index (κ3) is 3.66. The molecule has 0 saturated carbocycles. The average molecular weight is 278 g/mol. The highest BCUT2D eigenvalue weighted by molar-refractivity contribution is 6.30. The summed E-state index contributed by atoms with van der Waals surface area (Å²) in [6, 6.07) is 9.00. The lowest BCUT2D eigenvalue weighted by Gasteiger charge is -2.24. The molecule has 19 heavy (non-hydrogen) atoms. The number of nitrogens with one attached hydrogen (secondary N) is 1. The Morgan fingerprint density at radius 2 is 2.16 bits per heavy atom. The second kappa shape index (κ2) is 5.55. The maximum Gasteiger partial charge on any atom is 0.222 e. The quantitative estimate of drug-likeness (QED) is 0.902. The first-order valence-corrected chi connectivity index (χ1v) is 6.37. The van der Waals surface area contributed by atoms with E-state index in [4.69, 9.17) is 11.6 Å². The average Bonchev–Trinajstić information content (AvgIpc) is 2.37. The van der Waals surface area contributed by atoms with Crippen molar-refractivity contribution in [2.45, 2.75) is 19.4 Å². The fourth-order valence-electron chi connectivity index (χ4n) is 1.71. The van der Waals surface area contributed by atoms with Crippen LogP contribution in [0.1, 0.15) is 18.2 Å². The molecule has 0 fully saturated rings. The van der Waals surface area contributed by atoms with Crippen molar-refractivity contribution in [3.63, 3.8) is 0 Å². The zero-order chi connectivity index (χ0) is 13.9. The van der Waals surface area contributed by atoms with Gasteiger partial charge in [0.05, 0.1) is 6.54 Å². The maximum atomic E-state index is 10.5. The second-order valence-electron chi connectivity index (χ2n) is 4.66. The second-order valence-corrected chi connectivity index (χ2v) is 5.10. The van der Waals surface area contributed by atoms with Crippen LogP contribution in [0.3, 0.4) is 0 Å². The van der Waals surface area contributed by atoms with E-state index in [-0.39, 0.29) is 0 Å². The first-order chi connectivity index (χ1) is 8.97. The van der Waals surface area contributed by atoms with Crippen LogP contribution < -0.4 is 5.32 Å². The summed E-state index contributed by atoms with van der Waals surface area (Å²) < 4.78 is 0. The van der Waals surface area contributed by atoms with Crippen molar-refractivity contribution < 1.29 is 5.11 Å². The Labute approximate surface area is 117 Å². The summed E-state index contributed by atoms with van der Waals surface area (Å²) >= 11 is 5.93. The van der Waals surface area contributed by atoms with Crippen molar-refractivity contribution in [1.82, 2.24) is 9.97 Å². The van der Waals surface area contributed by atoms with Gasteiger partial charge in [-0.3, -0.25) is 0 Å². The third-order valence-corrected chi connectivity index (χ3v) is 3.07. The zero-order valence-electron chi connectivity index (χ0n) is 10.9. The van der Waals surface area contributed by atoms with Crippen LogP contribution in [-0.4, -0.2) is 21.6 Å². The number of nitrogens with zero attached hydrogens (tertiary/aromatic N) is 2. The molecular weight excluding hydrogens is 262 g/mol. The van der Waals surface area contributed by atoms with E-state index in [0.717, 1.165) is 11.3 Å². The van der Waals surface area contributed by atoms with E-state index in [1.54, 1.807) is 25.3 Å². The molecule has 1 unspecified atom stereocenters. The predicted octanol–water partition coefficient (Wildman–Crippen LogP) is 2.76. The summed E-state index contributed by atoms with van der Waals surface area (Å²) in [5.74, 6) is 0.502. The topological polar surface area (TPSA) is 58.0 Å². The van der Waals surface area contributed by atoms with Crippen LogP contribution in [0.2, 0.25) is 5.02 Å². The highest BCUT2D eigenvalue weighted by atomic mass is 35.5. The van der Waals surface area contributed by atoms with Crippen molar-refractivity contribution in [2.24, 2.45) is 0 Å². The Bertz CT molecular complexity index is 572. The molecule has 1 aromatic carbocycles. The Balaban J connectivity index is 2.09. The molecule has 2 aromatic rings. The normalized spacial score (nSPS) is 13.9. The highest BCUT2D eigenvalue weighted by Gasteiger charge is 2.23. The lowest BCUT2D eigenvalue weighted by Crippen LogP contribution is -2.31. The Morgan fingerprint density at radius 1 is 1.37 bits per heavy atom. The zero-order valence-corrected chi connectivity index (χ0v) is 11.6. The fourth-order valence-corrected chi connectivity index (χ4v) is 1.90. The van der Waals surface area contributed by atoms with Gasteiger partial charge in [0.15, 0.2) is 0 Å². The van der Waals surface area contributed by atoms with E-state index in [1.165, 1.54) is 0 Å². The smallest absolute Gasteiger partial charge is 0.222 e. The first-order valence-electron chi connectivity index (χ1n) is 5.99. The van der Waals surface area contributed by atoms with Gasteiger partial charge in [-0.25, -0.2) is 9.97 Å². The molecule has 1 aromatic heterocycles. The monoisotopic (exact) mass is 277 g/mol. The molecule has 5 heteroatoms. The predicted molar refractivity (Wildman–Crippen MR) is 76.3 cm³/mol.